The highest BCUT2D eigenvalue weighted by molar-refractivity contribution is 4.67. The molecule has 0 spiro atoms. The molecule has 0 bridgehead atoms. The van der Waals surface area contributed by atoms with Crippen LogP contribution in [0.5, 0.6) is 0 Å². The molecule has 0 aromatic rings. The van der Waals surface area contributed by atoms with Crippen LogP contribution in [0.3, 0.4) is 0 Å². The molecule has 0 aliphatic heterocycles. The Labute approximate surface area is 96.4 Å². The maximum absolute atomic E-state index is 3.58. The van der Waals surface area contributed by atoms with Gasteiger partial charge in [-0.05, 0) is 33.2 Å². The van der Waals surface area contributed by atoms with Gasteiger partial charge < -0.3 is 10.2 Å². The Morgan fingerprint density at radius 1 is 1.13 bits per heavy atom. The number of likely N-dealkylation sites (N-methyl/N-ethyl adjacent to an activating group) is 1. The van der Waals surface area contributed by atoms with Gasteiger partial charge in [0.05, 0.1) is 0 Å². The van der Waals surface area contributed by atoms with E-state index in [9.17, 15) is 0 Å². The van der Waals surface area contributed by atoms with Gasteiger partial charge >= 0.3 is 0 Å². The van der Waals surface area contributed by atoms with Crippen LogP contribution in [-0.4, -0.2) is 37.1 Å². The zero-order valence-corrected chi connectivity index (χ0v) is 11.3. The summed E-state index contributed by atoms with van der Waals surface area (Å²) in [6.45, 7) is 11.4. The quantitative estimate of drug-likeness (QED) is 0.635. The lowest BCUT2D eigenvalue weighted by Crippen LogP contribution is -2.38. The monoisotopic (exact) mass is 214 g/mol. The standard InChI is InChI=1S/C13H30N2/c1-6-9-12(4)14-10-11-15(5)13(7-2)8-3/h12-14H,6-11H2,1-5H3. The van der Waals surface area contributed by atoms with Crippen molar-refractivity contribution in [2.24, 2.45) is 0 Å². The molecule has 0 amide bonds. The van der Waals surface area contributed by atoms with Crippen LogP contribution in [0, 0.1) is 0 Å². The van der Waals surface area contributed by atoms with E-state index in [1.165, 1.54) is 32.2 Å². The number of hydrogen-bond donors (Lipinski definition) is 1. The predicted molar refractivity (Wildman–Crippen MR) is 69.4 cm³/mol. The van der Waals surface area contributed by atoms with Crippen molar-refractivity contribution >= 4 is 0 Å². The molecule has 0 aliphatic rings. The van der Waals surface area contributed by atoms with Crippen molar-refractivity contribution < 1.29 is 0 Å². The summed E-state index contributed by atoms with van der Waals surface area (Å²) in [6, 6.07) is 1.43. The molecule has 0 saturated carbocycles. The summed E-state index contributed by atoms with van der Waals surface area (Å²) in [5.41, 5.74) is 0. The van der Waals surface area contributed by atoms with Crippen LogP contribution in [0.15, 0.2) is 0 Å². The van der Waals surface area contributed by atoms with Crippen molar-refractivity contribution in [1.29, 1.82) is 0 Å². The van der Waals surface area contributed by atoms with Gasteiger partial charge in [0.2, 0.25) is 0 Å². The lowest BCUT2D eigenvalue weighted by Gasteiger charge is -2.26. The van der Waals surface area contributed by atoms with Crippen molar-refractivity contribution in [3.63, 3.8) is 0 Å². The Balaban J connectivity index is 3.57. The summed E-state index contributed by atoms with van der Waals surface area (Å²) < 4.78 is 0. The number of nitrogens with zero attached hydrogens (tertiary/aromatic N) is 1. The zero-order valence-electron chi connectivity index (χ0n) is 11.3. The SMILES string of the molecule is CCCC(C)NCCN(C)C(CC)CC. The Hall–Kier alpha value is -0.0800. The number of nitrogens with one attached hydrogen (secondary N) is 1. The molecule has 1 N–H and O–H groups in total. The second-order valence-corrected chi connectivity index (χ2v) is 4.59. The first-order chi connectivity index (χ1) is 7.15. The molecule has 0 aliphatic carbocycles. The van der Waals surface area contributed by atoms with Gasteiger partial charge in [0.15, 0.2) is 0 Å². The van der Waals surface area contributed by atoms with Gasteiger partial charge in [0, 0.05) is 25.2 Å². The molecule has 92 valence electrons. The molecule has 2 nitrogen and oxygen atoms in total. The highest BCUT2D eigenvalue weighted by Gasteiger charge is 2.09. The number of hydrogen-bond acceptors (Lipinski definition) is 2. The molecule has 0 heterocycles. The van der Waals surface area contributed by atoms with Crippen molar-refractivity contribution in [3.05, 3.63) is 0 Å². The molecule has 15 heavy (non-hydrogen) atoms. The van der Waals surface area contributed by atoms with Crippen LogP contribution in [0.1, 0.15) is 53.4 Å². The van der Waals surface area contributed by atoms with E-state index in [0.717, 1.165) is 12.6 Å². The summed E-state index contributed by atoms with van der Waals surface area (Å²) in [5.74, 6) is 0. The molecule has 1 unspecified atom stereocenters. The van der Waals surface area contributed by atoms with Crippen molar-refractivity contribution in [3.8, 4) is 0 Å². The fraction of sp³-hybridized carbons (Fsp3) is 1.00. The van der Waals surface area contributed by atoms with Gasteiger partial charge in [-0.3, -0.25) is 0 Å². The summed E-state index contributed by atoms with van der Waals surface area (Å²) in [6.07, 6.45) is 5.08. The predicted octanol–water partition coefficient (Wildman–Crippen LogP) is 2.89. The number of rotatable bonds is 9. The molecule has 2 heteroatoms. The fourth-order valence-corrected chi connectivity index (χ4v) is 2.12. The van der Waals surface area contributed by atoms with Gasteiger partial charge in [0.25, 0.3) is 0 Å². The molecule has 0 aromatic heterocycles. The topological polar surface area (TPSA) is 15.3 Å². The minimum atomic E-state index is 0.671. The van der Waals surface area contributed by atoms with Crippen molar-refractivity contribution in [2.75, 3.05) is 20.1 Å². The van der Waals surface area contributed by atoms with E-state index in [1.54, 1.807) is 0 Å². The third-order valence-electron chi connectivity index (χ3n) is 3.24. The first-order valence-corrected chi connectivity index (χ1v) is 6.59. The largest absolute Gasteiger partial charge is 0.313 e. The van der Waals surface area contributed by atoms with Gasteiger partial charge in [-0.2, -0.15) is 0 Å². The lowest BCUT2D eigenvalue weighted by molar-refractivity contribution is 0.227. The molecule has 0 radical (unpaired) electrons. The van der Waals surface area contributed by atoms with Crippen LogP contribution >= 0.6 is 0 Å². The zero-order chi connectivity index (χ0) is 11.7. The smallest absolute Gasteiger partial charge is 0.0107 e. The summed E-state index contributed by atoms with van der Waals surface area (Å²) in [7, 11) is 2.24. The van der Waals surface area contributed by atoms with Gasteiger partial charge in [-0.1, -0.05) is 27.2 Å². The lowest BCUT2D eigenvalue weighted by atomic mass is 10.1. The van der Waals surface area contributed by atoms with Gasteiger partial charge in [-0.25, -0.2) is 0 Å². The highest BCUT2D eigenvalue weighted by Crippen LogP contribution is 2.04. The highest BCUT2D eigenvalue weighted by atomic mass is 15.1. The van der Waals surface area contributed by atoms with Crippen LogP contribution < -0.4 is 5.32 Å². The minimum absolute atomic E-state index is 0.671. The third kappa shape index (κ3) is 6.91. The second kappa shape index (κ2) is 9.17. The third-order valence-corrected chi connectivity index (χ3v) is 3.24. The van der Waals surface area contributed by atoms with E-state index < -0.39 is 0 Å². The molecule has 1 atom stereocenters. The molecule has 0 rings (SSSR count). The first kappa shape index (κ1) is 14.9. The minimum Gasteiger partial charge on any atom is -0.313 e. The van der Waals surface area contributed by atoms with Crippen LogP contribution in [0.2, 0.25) is 0 Å². The van der Waals surface area contributed by atoms with Gasteiger partial charge in [0.1, 0.15) is 0 Å². The maximum atomic E-state index is 3.58. The van der Waals surface area contributed by atoms with E-state index in [0.29, 0.717) is 6.04 Å². The Bertz CT molecular complexity index is 132. The van der Waals surface area contributed by atoms with E-state index in [4.69, 9.17) is 0 Å². The fourth-order valence-electron chi connectivity index (χ4n) is 2.12. The van der Waals surface area contributed by atoms with E-state index in [2.05, 4.69) is 45.0 Å². The molecular formula is C13H30N2. The molecule has 0 fully saturated rings. The van der Waals surface area contributed by atoms with Gasteiger partial charge in [-0.15, -0.1) is 0 Å². The Morgan fingerprint density at radius 2 is 1.73 bits per heavy atom. The summed E-state index contributed by atoms with van der Waals surface area (Å²) >= 11 is 0. The van der Waals surface area contributed by atoms with Crippen molar-refractivity contribution in [2.45, 2.75) is 65.5 Å². The van der Waals surface area contributed by atoms with E-state index in [1.807, 2.05) is 0 Å². The van der Waals surface area contributed by atoms with Crippen LogP contribution in [-0.2, 0) is 0 Å². The normalized spacial score (nSPS) is 13.8. The second-order valence-electron chi connectivity index (χ2n) is 4.59. The van der Waals surface area contributed by atoms with Crippen LogP contribution in [0.4, 0.5) is 0 Å². The summed E-state index contributed by atoms with van der Waals surface area (Å²) in [5, 5.41) is 3.58. The molecule has 0 saturated heterocycles. The Kier molecular flexibility index (Phi) is 9.12. The van der Waals surface area contributed by atoms with Crippen LogP contribution in [0.25, 0.3) is 0 Å². The molecule has 0 aromatic carbocycles. The Morgan fingerprint density at radius 3 is 2.20 bits per heavy atom. The average molecular weight is 214 g/mol. The first-order valence-electron chi connectivity index (χ1n) is 6.59. The average Bonchev–Trinajstić information content (AvgIpc) is 2.20. The maximum Gasteiger partial charge on any atom is 0.0107 e. The molecular weight excluding hydrogens is 184 g/mol. The van der Waals surface area contributed by atoms with E-state index in [-0.39, 0.29) is 0 Å². The summed E-state index contributed by atoms with van der Waals surface area (Å²) in [4.78, 5) is 2.48. The van der Waals surface area contributed by atoms with Crippen molar-refractivity contribution in [1.82, 2.24) is 10.2 Å². The van der Waals surface area contributed by atoms with E-state index >= 15 is 0 Å².